The largest absolute Gasteiger partial charge is 0.354 e. The van der Waals surface area contributed by atoms with Gasteiger partial charge in [0.2, 0.25) is 9.74 Å². The molecule has 1 aromatic carbocycles. The fraction of sp³-hybridized carbons (Fsp3) is 0.526. The van der Waals surface area contributed by atoms with Gasteiger partial charge in [-0.15, -0.1) is 0 Å². The summed E-state index contributed by atoms with van der Waals surface area (Å²) in [6, 6.07) is 7.82. The number of nitrogens with zero attached hydrogens (tertiary/aromatic N) is 4. The summed E-state index contributed by atoms with van der Waals surface area (Å²) in [6.07, 6.45) is 2.27. The minimum atomic E-state index is -1.74. The Bertz CT molecular complexity index is 801. The number of nitrogens with one attached hydrogen (secondary N) is 1. The van der Waals surface area contributed by atoms with Gasteiger partial charge in [0, 0.05) is 23.2 Å². The molecule has 28 heavy (non-hydrogen) atoms. The monoisotopic (exact) mass is 461 g/mol. The maximum atomic E-state index is 6.09. The third kappa shape index (κ3) is 5.83. The van der Waals surface area contributed by atoms with E-state index in [4.69, 9.17) is 46.4 Å². The second-order valence-corrected chi connectivity index (χ2v) is 9.99. The molecule has 0 bridgehead atoms. The highest BCUT2D eigenvalue weighted by Crippen LogP contribution is 2.37. The van der Waals surface area contributed by atoms with E-state index >= 15 is 0 Å². The molecule has 0 amide bonds. The van der Waals surface area contributed by atoms with Crippen LogP contribution in [0.25, 0.3) is 11.4 Å². The van der Waals surface area contributed by atoms with Gasteiger partial charge < -0.3 is 10.2 Å². The Labute approximate surface area is 185 Å². The van der Waals surface area contributed by atoms with E-state index < -0.39 is 3.79 Å². The Kier molecular flexibility index (Phi) is 7.26. The van der Waals surface area contributed by atoms with Gasteiger partial charge in [-0.1, -0.05) is 58.5 Å². The zero-order valence-corrected chi connectivity index (χ0v) is 18.8. The Morgan fingerprint density at radius 1 is 1.14 bits per heavy atom. The molecule has 1 aliphatic heterocycles. The fourth-order valence-electron chi connectivity index (χ4n) is 3.25. The number of hydrogen-bond acceptors (Lipinski definition) is 5. The van der Waals surface area contributed by atoms with Gasteiger partial charge in [0.25, 0.3) is 0 Å². The molecule has 0 unspecified atom stereocenters. The van der Waals surface area contributed by atoms with E-state index in [9.17, 15) is 0 Å². The molecule has 2 aromatic rings. The highest BCUT2D eigenvalue weighted by molar-refractivity contribution is 6.66. The van der Waals surface area contributed by atoms with Crippen LogP contribution < -0.4 is 5.32 Å². The normalized spacial score (nSPS) is 16.5. The van der Waals surface area contributed by atoms with Gasteiger partial charge in [-0.05, 0) is 57.8 Å². The van der Waals surface area contributed by atoms with Gasteiger partial charge in [-0.25, -0.2) is 4.98 Å². The van der Waals surface area contributed by atoms with Crippen molar-refractivity contribution in [1.82, 2.24) is 19.9 Å². The number of aromatic nitrogens is 3. The molecule has 3 rings (SSSR count). The van der Waals surface area contributed by atoms with Crippen LogP contribution in [0.3, 0.4) is 0 Å². The average Bonchev–Trinajstić information content (AvgIpc) is 2.66. The molecule has 1 aliphatic rings. The summed E-state index contributed by atoms with van der Waals surface area (Å²) in [5.74, 6) is 1.45. The van der Waals surface area contributed by atoms with Crippen molar-refractivity contribution in [2.45, 2.75) is 36.5 Å². The summed E-state index contributed by atoms with van der Waals surface area (Å²) in [5, 5.41) is 3.89. The van der Waals surface area contributed by atoms with Crippen molar-refractivity contribution in [2.75, 3.05) is 25.0 Å². The first kappa shape index (κ1) is 21.8. The SMILES string of the molecule is CC(C)N1CCC(CNc2nc(-c3cccc(Cl)c3)nc(C(Cl)(Cl)Cl)n2)CC1. The molecule has 5 nitrogen and oxygen atoms in total. The van der Waals surface area contributed by atoms with Gasteiger partial charge in [0.1, 0.15) is 0 Å². The topological polar surface area (TPSA) is 53.9 Å². The molecule has 9 heteroatoms. The summed E-state index contributed by atoms with van der Waals surface area (Å²) in [4.78, 5) is 15.6. The molecular formula is C19H23Cl4N5. The number of likely N-dealkylation sites (tertiary alicyclic amines) is 1. The average molecular weight is 463 g/mol. The Morgan fingerprint density at radius 3 is 2.46 bits per heavy atom. The number of piperidine rings is 1. The van der Waals surface area contributed by atoms with Crippen LogP contribution in [0.5, 0.6) is 0 Å². The van der Waals surface area contributed by atoms with Crippen molar-refractivity contribution in [3.63, 3.8) is 0 Å². The second kappa shape index (κ2) is 9.31. The molecule has 0 saturated carbocycles. The van der Waals surface area contributed by atoms with Crippen LogP contribution in [0, 0.1) is 5.92 Å². The number of rotatable bonds is 5. The zero-order chi connectivity index (χ0) is 20.3. The molecule has 152 valence electrons. The summed E-state index contributed by atoms with van der Waals surface area (Å²) in [6.45, 7) is 7.45. The first-order chi connectivity index (χ1) is 13.2. The highest BCUT2D eigenvalue weighted by atomic mass is 35.6. The van der Waals surface area contributed by atoms with Crippen LogP contribution in [-0.2, 0) is 3.79 Å². The van der Waals surface area contributed by atoms with Crippen LogP contribution in [0.15, 0.2) is 24.3 Å². The number of alkyl halides is 3. The smallest absolute Gasteiger partial charge is 0.250 e. The number of anilines is 1. The third-order valence-corrected chi connectivity index (χ3v) is 5.64. The first-order valence-corrected chi connectivity index (χ1v) is 10.8. The van der Waals surface area contributed by atoms with Gasteiger partial charge in [0.05, 0.1) is 0 Å². The molecule has 1 aromatic heterocycles. The molecule has 0 spiro atoms. The van der Waals surface area contributed by atoms with Gasteiger partial charge in [-0.3, -0.25) is 0 Å². The maximum Gasteiger partial charge on any atom is 0.250 e. The highest BCUT2D eigenvalue weighted by Gasteiger charge is 2.29. The minimum absolute atomic E-state index is 0.0830. The number of halogens is 4. The molecule has 1 fully saturated rings. The third-order valence-electron chi connectivity index (χ3n) is 4.90. The van der Waals surface area contributed by atoms with E-state index in [1.165, 1.54) is 0 Å². The van der Waals surface area contributed by atoms with E-state index in [1.54, 1.807) is 12.1 Å². The lowest BCUT2D eigenvalue weighted by molar-refractivity contribution is 0.153. The molecular weight excluding hydrogens is 440 g/mol. The van der Waals surface area contributed by atoms with E-state index in [0.717, 1.165) is 38.0 Å². The van der Waals surface area contributed by atoms with Crippen molar-refractivity contribution >= 4 is 52.4 Å². The lowest BCUT2D eigenvalue weighted by Gasteiger charge is -2.34. The molecule has 0 aliphatic carbocycles. The molecule has 2 heterocycles. The van der Waals surface area contributed by atoms with Crippen molar-refractivity contribution < 1.29 is 0 Å². The summed E-state index contributed by atoms with van der Waals surface area (Å²) in [5.41, 5.74) is 0.735. The predicted octanol–water partition coefficient (Wildman–Crippen LogP) is 5.55. The summed E-state index contributed by atoms with van der Waals surface area (Å²) >= 11 is 24.2. The number of benzene rings is 1. The summed E-state index contributed by atoms with van der Waals surface area (Å²) < 4.78 is -1.74. The van der Waals surface area contributed by atoms with Gasteiger partial charge >= 0.3 is 0 Å². The van der Waals surface area contributed by atoms with Crippen molar-refractivity contribution in [3.8, 4) is 11.4 Å². The van der Waals surface area contributed by atoms with Crippen molar-refractivity contribution in [2.24, 2.45) is 5.92 Å². The minimum Gasteiger partial charge on any atom is -0.354 e. The van der Waals surface area contributed by atoms with Crippen molar-refractivity contribution in [3.05, 3.63) is 35.1 Å². The Hall–Kier alpha value is -0.850. The molecule has 0 atom stereocenters. The number of hydrogen-bond donors (Lipinski definition) is 1. The fourth-order valence-corrected chi connectivity index (χ4v) is 3.69. The first-order valence-electron chi connectivity index (χ1n) is 9.29. The van der Waals surface area contributed by atoms with Crippen LogP contribution in [0.1, 0.15) is 32.5 Å². The Balaban J connectivity index is 1.76. The van der Waals surface area contributed by atoms with Crippen LogP contribution >= 0.6 is 46.4 Å². The quantitative estimate of drug-likeness (QED) is 0.590. The predicted molar refractivity (Wildman–Crippen MR) is 117 cm³/mol. The summed E-state index contributed by atoms with van der Waals surface area (Å²) in [7, 11) is 0. The zero-order valence-electron chi connectivity index (χ0n) is 15.8. The molecule has 1 saturated heterocycles. The lowest BCUT2D eigenvalue weighted by atomic mass is 9.96. The maximum absolute atomic E-state index is 6.09. The van der Waals surface area contributed by atoms with Gasteiger partial charge in [-0.2, -0.15) is 9.97 Å². The molecule has 1 N–H and O–H groups in total. The Morgan fingerprint density at radius 2 is 1.86 bits per heavy atom. The van der Waals surface area contributed by atoms with E-state index in [-0.39, 0.29) is 5.82 Å². The lowest BCUT2D eigenvalue weighted by Crippen LogP contribution is -2.40. The van der Waals surface area contributed by atoms with Crippen LogP contribution in [0.2, 0.25) is 5.02 Å². The standard InChI is InChI=1S/C19H23Cl4N5/c1-12(2)28-8-6-13(7-9-28)11-24-18-26-16(14-4-3-5-15(20)10-14)25-17(27-18)19(21,22)23/h3-5,10,12-13H,6-9,11H2,1-2H3,(H,24,25,26,27). The van der Waals surface area contributed by atoms with Crippen LogP contribution in [0.4, 0.5) is 5.95 Å². The molecule has 0 radical (unpaired) electrons. The van der Waals surface area contributed by atoms with E-state index in [1.807, 2.05) is 12.1 Å². The second-order valence-electron chi connectivity index (χ2n) is 7.27. The van der Waals surface area contributed by atoms with E-state index in [0.29, 0.717) is 28.8 Å². The van der Waals surface area contributed by atoms with E-state index in [2.05, 4.69) is 39.0 Å². The van der Waals surface area contributed by atoms with Gasteiger partial charge in [0.15, 0.2) is 11.6 Å². The van der Waals surface area contributed by atoms with Crippen LogP contribution in [-0.4, -0.2) is 45.5 Å². The van der Waals surface area contributed by atoms with Crippen molar-refractivity contribution in [1.29, 1.82) is 0 Å².